The lowest BCUT2D eigenvalue weighted by atomic mass is 10.1. The average Bonchev–Trinajstić information content (AvgIpc) is 2.56. The van der Waals surface area contributed by atoms with E-state index < -0.39 is 15.9 Å². The van der Waals surface area contributed by atoms with Gasteiger partial charge in [-0.2, -0.15) is 0 Å². The van der Waals surface area contributed by atoms with E-state index in [0.717, 1.165) is 16.9 Å². The number of sulfonamides is 1. The van der Waals surface area contributed by atoms with Gasteiger partial charge in [-0.15, -0.1) is 0 Å². The molecule has 2 rings (SSSR count). The lowest BCUT2D eigenvalue weighted by molar-refractivity contribution is 0.0947. The van der Waals surface area contributed by atoms with Gasteiger partial charge in [-0.3, -0.25) is 4.79 Å². The minimum absolute atomic E-state index is 0.0118. The van der Waals surface area contributed by atoms with E-state index in [1.165, 1.54) is 18.2 Å². The molecule has 2 aromatic rings. The molecule has 0 aromatic heterocycles. The van der Waals surface area contributed by atoms with Crippen molar-refractivity contribution < 1.29 is 17.9 Å². The largest absolute Gasteiger partial charge is 0.492 e. The maximum Gasteiger partial charge on any atom is 0.252 e. The number of ether oxygens (including phenoxy) is 1. The summed E-state index contributed by atoms with van der Waals surface area (Å²) in [5, 5.41) is 2.87. The highest BCUT2D eigenvalue weighted by Crippen LogP contribution is 2.21. The molecule has 0 aliphatic heterocycles. The molecular formula is C20H25ClN2O4S. The van der Waals surface area contributed by atoms with E-state index >= 15 is 0 Å². The van der Waals surface area contributed by atoms with E-state index in [1.54, 1.807) is 13.8 Å². The van der Waals surface area contributed by atoms with Gasteiger partial charge in [-0.25, -0.2) is 13.1 Å². The zero-order valence-corrected chi connectivity index (χ0v) is 17.9. The van der Waals surface area contributed by atoms with Crippen LogP contribution >= 0.6 is 11.6 Å². The molecule has 0 unspecified atom stereocenters. The SMILES string of the molecule is Cc1cc(C)cc(OCCNC(=O)c2cc(S(=O)(=O)NC(C)C)ccc2Cl)c1. The van der Waals surface area contributed by atoms with Crippen molar-refractivity contribution in [2.45, 2.75) is 38.6 Å². The molecule has 0 radical (unpaired) electrons. The van der Waals surface area contributed by atoms with Gasteiger partial charge in [0.1, 0.15) is 12.4 Å². The van der Waals surface area contributed by atoms with Crippen LogP contribution < -0.4 is 14.8 Å². The molecule has 0 spiro atoms. The number of nitrogens with one attached hydrogen (secondary N) is 2. The van der Waals surface area contributed by atoms with E-state index in [-0.39, 0.29) is 34.7 Å². The summed E-state index contributed by atoms with van der Waals surface area (Å²) < 4.78 is 32.7. The maximum atomic E-state index is 12.4. The molecule has 0 saturated carbocycles. The first-order chi connectivity index (χ1) is 13.1. The molecule has 2 aromatic carbocycles. The van der Waals surface area contributed by atoms with Gasteiger partial charge in [-0.05, 0) is 69.2 Å². The zero-order valence-electron chi connectivity index (χ0n) is 16.4. The van der Waals surface area contributed by atoms with Crippen LogP contribution in [0.5, 0.6) is 5.75 Å². The highest BCUT2D eigenvalue weighted by Gasteiger charge is 2.19. The summed E-state index contributed by atoms with van der Waals surface area (Å²) >= 11 is 6.08. The van der Waals surface area contributed by atoms with E-state index in [4.69, 9.17) is 16.3 Å². The Morgan fingerprint density at radius 2 is 1.75 bits per heavy atom. The third kappa shape index (κ3) is 6.22. The molecule has 0 fully saturated rings. The van der Waals surface area contributed by atoms with Crippen molar-refractivity contribution in [3.05, 3.63) is 58.1 Å². The summed E-state index contributed by atoms with van der Waals surface area (Å²) in [6.45, 7) is 7.94. The summed E-state index contributed by atoms with van der Waals surface area (Å²) in [6, 6.07) is 9.66. The number of carbonyl (C=O) groups is 1. The Morgan fingerprint density at radius 3 is 2.36 bits per heavy atom. The number of aryl methyl sites for hydroxylation is 2. The van der Waals surface area contributed by atoms with Crippen LogP contribution in [-0.4, -0.2) is 33.5 Å². The number of hydrogen-bond donors (Lipinski definition) is 2. The second-order valence-electron chi connectivity index (χ2n) is 6.85. The van der Waals surface area contributed by atoms with Crippen LogP contribution in [0.3, 0.4) is 0 Å². The number of hydrogen-bond acceptors (Lipinski definition) is 4. The second kappa shape index (κ2) is 9.41. The normalized spacial score (nSPS) is 11.5. The van der Waals surface area contributed by atoms with Gasteiger partial charge in [-0.1, -0.05) is 17.7 Å². The number of amides is 1. The van der Waals surface area contributed by atoms with Gasteiger partial charge >= 0.3 is 0 Å². The standard InChI is InChI=1S/C20H25ClN2O4S/c1-13(2)23-28(25,26)17-5-6-19(21)18(12-17)20(24)22-7-8-27-16-10-14(3)9-15(4)11-16/h5-6,9-13,23H,7-8H2,1-4H3,(H,22,24). The van der Waals surface area contributed by atoms with Gasteiger partial charge < -0.3 is 10.1 Å². The first-order valence-corrected chi connectivity index (χ1v) is 10.8. The minimum Gasteiger partial charge on any atom is -0.492 e. The van der Waals surface area contributed by atoms with Crippen LogP contribution in [0, 0.1) is 13.8 Å². The summed E-state index contributed by atoms with van der Waals surface area (Å²) in [4.78, 5) is 12.4. The molecule has 2 N–H and O–H groups in total. The average molecular weight is 425 g/mol. The van der Waals surface area contributed by atoms with Crippen molar-refractivity contribution in [2.75, 3.05) is 13.2 Å². The van der Waals surface area contributed by atoms with E-state index in [9.17, 15) is 13.2 Å². The quantitative estimate of drug-likeness (QED) is 0.635. The third-order valence-electron chi connectivity index (χ3n) is 3.74. The fraction of sp³-hybridized carbons (Fsp3) is 0.350. The van der Waals surface area contributed by atoms with E-state index in [0.29, 0.717) is 0 Å². The number of benzene rings is 2. The molecule has 0 aliphatic carbocycles. The lowest BCUT2D eigenvalue weighted by Gasteiger charge is -2.12. The molecule has 152 valence electrons. The van der Waals surface area contributed by atoms with Crippen LogP contribution in [0.1, 0.15) is 35.3 Å². The van der Waals surface area contributed by atoms with Gasteiger partial charge in [0.2, 0.25) is 10.0 Å². The number of rotatable bonds is 8. The van der Waals surface area contributed by atoms with Crippen LogP contribution in [0.25, 0.3) is 0 Å². The molecule has 0 heterocycles. The molecule has 28 heavy (non-hydrogen) atoms. The summed E-state index contributed by atoms with van der Waals surface area (Å²) in [5.74, 6) is 0.272. The lowest BCUT2D eigenvalue weighted by Crippen LogP contribution is -2.31. The highest BCUT2D eigenvalue weighted by atomic mass is 35.5. The Hall–Kier alpha value is -2.09. The van der Waals surface area contributed by atoms with Crippen molar-refractivity contribution in [2.24, 2.45) is 0 Å². The summed E-state index contributed by atoms with van der Waals surface area (Å²) in [6.07, 6.45) is 0. The first-order valence-electron chi connectivity index (χ1n) is 8.89. The van der Waals surface area contributed by atoms with Gasteiger partial charge in [0, 0.05) is 6.04 Å². The van der Waals surface area contributed by atoms with Crippen molar-refractivity contribution in [3.63, 3.8) is 0 Å². The molecule has 6 nitrogen and oxygen atoms in total. The maximum absolute atomic E-state index is 12.4. The third-order valence-corrected chi connectivity index (χ3v) is 5.72. The molecule has 0 saturated heterocycles. The Balaban J connectivity index is 2.01. The predicted octanol–water partition coefficient (Wildman–Crippen LogP) is 3.45. The monoisotopic (exact) mass is 424 g/mol. The van der Waals surface area contributed by atoms with Crippen molar-refractivity contribution in [3.8, 4) is 5.75 Å². The summed E-state index contributed by atoms with van der Waals surface area (Å²) in [7, 11) is -3.72. The number of halogens is 1. The van der Waals surface area contributed by atoms with Crippen molar-refractivity contribution >= 4 is 27.5 Å². The molecule has 0 aliphatic rings. The van der Waals surface area contributed by atoms with Gasteiger partial charge in [0.25, 0.3) is 5.91 Å². The van der Waals surface area contributed by atoms with E-state index in [1.807, 2.05) is 32.0 Å². The Kier molecular flexibility index (Phi) is 7.46. The van der Waals surface area contributed by atoms with Gasteiger partial charge in [0.15, 0.2) is 0 Å². The molecule has 1 amide bonds. The second-order valence-corrected chi connectivity index (χ2v) is 8.97. The zero-order chi connectivity index (χ0) is 20.9. The van der Waals surface area contributed by atoms with Crippen LogP contribution in [-0.2, 0) is 10.0 Å². The fourth-order valence-electron chi connectivity index (χ4n) is 2.67. The van der Waals surface area contributed by atoms with Crippen LogP contribution in [0.4, 0.5) is 0 Å². The van der Waals surface area contributed by atoms with Crippen LogP contribution in [0.15, 0.2) is 41.3 Å². The summed E-state index contributed by atoms with van der Waals surface area (Å²) in [5.41, 5.74) is 2.29. The molecule has 8 heteroatoms. The Bertz CT molecular complexity index is 938. The number of carbonyl (C=O) groups excluding carboxylic acids is 1. The first kappa shape index (κ1) is 22.2. The highest BCUT2D eigenvalue weighted by molar-refractivity contribution is 7.89. The smallest absolute Gasteiger partial charge is 0.252 e. The Labute approximate surface area is 171 Å². The van der Waals surface area contributed by atoms with E-state index in [2.05, 4.69) is 10.0 Å². The Morgan fingerprint density at radius 1 is 1.11 bits per heavy atom. The fourth-order valence-corrected chi connectivity index (χ4v) is 4.15. The van der Waals surface area contributed by atoms with Crippen molar-refractivity contribution in [1.29, 1.82) is 0 Å². The van der Waals surface area contributed by atoms with Crippen LogP contribution in [0.2, 0.25) is 5.02 Å². The van der Waals surface area contributed by atoms with Gasteiger partial charge in [0.05, 0.1) is 22.0 Å². The van der Waals surface area contributed by atoms with Crippen molar-refractivity contribution in [1.82, 2.24) is 10.0 Å². The topological polar surface area (TPSA) is 84.5 Å². The molecule has 0 bridgehead atoms. The minimum atomic E-state index is -3.72. The predicted molar refractivity (Wildman–Crippen MR) is 111 cm³/mol. The molecule has 0 atom stereocenters. The molecular weight excluding hydrogens is 400 g/mol.